The smallest absolute Gasteiger partial charge is 0.330 e. The zero-order chi connectivity index (χ0) is 13.4. The van der Waals surface area contributed by atoms with E-state index in [-0.39, 0.29) is 5.97 Å². The number of rotatable bonds is 6. The first kappa shape index (κ1) is 14.5. The van der Waals surface area contributed by atoms with Crippen LogP contribution < -0.4 is 0 Å². The summed E-state index contributed by atoms with van der Waals surface area (Å²) < 4.78 is 4.90. The van der Waals surface area contributed by atoms with Crippen molar-refractivity contribution in [1.82, 2.24) is 0 Å². The van der Waals surface area contributed by atoms with E-state index in [1.165, 1.54) is 30.0 Å². The van der Waals surface area contributed by atoms with Crippen molar-refractivity contribution < 1.29 is 9.53 Å². The van der Waals surface area contributed by atoms with Crippen molar-refractivity contribution >= 4 is 12.0 Å². The van der Waals surface area contributed by atoms with Crippen LogP contribution in [0, 0.1) is 6.92 Å². The molecule has 0 aliphatic carbocycles. The Balaban J connectivity index is 2.88. The number of hydrogen-bond donors (Lipinski definition) is 0. The van der Waals surface area contributed by atoms with Gasteiger partial charge in [0.15, 0.2) is 0 Å². The van der Waals surface area contributed by atoms with Crippen LogP contribution in [0.2, 0.25) is 0 Å². The third-order valence-electron chi connectivity index (χ3n) is 2.89. The van der Waals surface area contributed by atoms with E-state index in [0.717, 1.165) is 12.0 Å². The summed E-state index contributed by atoms with van der Waals surface area (Å²) in [5.74, 6) is -0.276. The third kappa shape index (κ3) is 4.36. The molecule has 1 aromatic rings. The summed E-state index contributed by atoms with van der Waals surface area (Å²) in [6.45, 7) is 6.48. The molecule has 0 spiro atoms. The van der Waals surface area contributed by atoms with Crippen molar-refractivity contribution in [2.24, 2.45) is 0 Å². The van der Waals surface area contributed by atoms with Crippen LogP contribution in [-0.4, -0.2) is 12.6 Å². The van der Waals surface area contributed by atoms with Gasteiger partial charge >= 0.3 is 5.97 Å². The first-order valence-electron chi connectivity index (χ1n) is 6.62. The van der Waals surface area contributed by atoms with Crippen LogP contribution in [0.1, 0.15) is 43.4 Å². The van der Waals surface area contributed by atoms with E-state index in [4.69, 9.17) is 4.74 Å². The fourth-order valence-electron chi connectivity index (χ4n) is 1.91. The second kappa shape index (κ2) is 7.70. The molecule has 0 unspecified atom stereocenters. The van der Waals surface area contributed by atoms with Crippen LogP contribution in [0.15, 0.2) is 24.3 Å². The van der Waals surface area contributed by atoms with Crippen molar-refractivity contribution in [2.45, 2.75) is 40.0 Å². The molecule has 0 radical (unpaired) electrons. The summed E-state index contributed by atoms with van der Waals surface area (Å²) in [6.07, 6.45) is 6.79. The Morgan fingerprint density at radius 3 is 2.78 bits per heavy atom. The van der Waals surface area contributed by atoms with Crippen LogP contribution in [0.25, 0.3) is 6.08 Å². The highest BCUT2D eigenvalue weighted by Gasteiger charge is 2.03. The molecule has 0 amide bonds. The Bertz CT molecular complexity index is 419. The standard InChI is InChI=1S/C16H22O2/c1-4-6-9-14-10-7-8-13(3)15(14)11-12-16(17)18-5-2/h7-8,10-12H,4-6,9H2,1-3H3/b12-11+. The molecule has 0 aliphatic rings. The van der Waals surface area contributed by atoms with Crippen molar-refractivity contribution in [2.75, 3.05) is 6.61 Å². The van der Waals surface area contributed by atoms with Gasteiger partial charge in [-0.05, 0) is 49.5 Å². The molecule has 2 nitrogen and oxygen atoms in total. The molecule has 1 aromatic carbocycles. The Labute approximate surface area is 110 Å². The van der Waals surface area contributed by atoms with Gasteiger partial charge in [-0.3, -0.25) is 0 Å². The quantitative estimate of drug-likeness (QED) is 0.562. The first-order chi connectivity index (χ1) is 8.69. The fraction of sp³-hybridized carbons (Fsp3) is 0.438. The number of aryl methyl sites for hydroxylation is 2. The van der Waals surface area contributed by atoms with Crippen molar-refractivity contribution in [3.05, 3.63) is 41.0 Å². The highest BCUT2D eigenvalue weighted by atomic mass is 16.5. The van der Waals surface area contributed by atoms with Gasteiger partial charge in [-0.1, -0.05) is 31.5 Å². The van der Waals surface area contributed by atoms with Gasteiger partial charge < -0.3 is 4.74 Å². The summed E-state index contributed by atoms with van der Waals surface area (Å²) in [4.78, 5) is 11.3. The van der Waals surface area contributed by atoms with Gasteiger partial charge in [0.25, 0.3) is 0 Å². The minimum absolute atomic E-state index is 0.276. The molecular weight excluding hydrogens is 224 g/mol. The zero-order valence-corrected chi connectivity index (χ0v) is 11.5. The second-order valence-corrected chi connectivity index (χ2v) is 4.34. The van der Waals surface area contributed by atoms with Gasteiger partial charge in [0.2, 0.25) is 0 Å². The van der Waals surface area contributed by atoms with E-state index in [0.29, 0.717) is 6.61 Å². The van der Waals surface area contributed by atoms with Crippen molar-refractivity contribution in [3.63, 3.8) is 0 Å². The van der Waals surface area contributed by atoms with E-state index in [1.807, 2.05) is 13.0 Å². The van der Waals surface area contributed by atoms with Crippen LogP contribution in [0.3, 0.4) is 0 Å². The molecule has 0 aliphatic heterocycles. The predicted molar refractivity (Wildman–Crippen MR) is 75.5 cm³/mol. The molecule has 98 valence electrons. The topological polar surface area (TPSA) is 26.3 Å². The minimum atomic E-state index is -0.276. The lowest BCUT2D eigenvalue weighted by Gasteiger charge is -2.08. The monoisotopic (exact) mass is 246 g/mol. The third-order valence-corrected chi connectivity index (χ3v) is 2.89. The minimum Gasteiger partial charge on any atom is -0.463 e. The molecule has 1 rings (SSSR count). The van der Waals surface area contributed by atoms with Crippen LogP contribution in [0.4, 0.5) is 0 Å². The summed E-state index contributed by atoms with van der Waals surface area (Å²) in [6, 6.07) is 6.27. The second-order valence-electron chi connectivity index (χ2n) is 4.34. The number of hydrogen-bond acceptors (Lipinski definition) is 2. The Morgan fingerprint density at radius 2 is 2.11 bits per heavy atom. The maximum Gasteiger partial charge on any atom is 0.330 e. The molecular formula is C16H22O2. The first-order valence-corrected chi connectivity index (χ1v) is 6.62. The maximum absolute atomic E-state index is 11.3. The van der Waals surface area contributed by atoms with E-state index in [9.17, 15) is 4.79 Å². The van der Waals surface area contributed by atoms with E-state index in [2.05, 4.69) is 32.0 Å². The van der Waals surface area contributed by atoms with Gasteiger partial charge in [-0.15, -0.1) is 0 Å². The predicted octanol–water partition coefficient (Wildman–Crippen LogP) is 3.91. The van der Waals surface area contributed by atoms with E-state index in [1.54, 1.807) is 0 Å². The molecule has 0 aromatic heterocycles. The van der Waals surface area contributed by atoms with E-state index >= 15 is 0 Å². The van der Waals surface area contributed by atoms with Gasteiger partial charge in [-0.25, -0.2) is 4.79 Å². The number of esters is 1. The Morgan fingerprint density at radius 1 is 1.33 bits per heavy atom. The molecule has 0 saturated heterocycles. The lowest BCUT2D eigenvalue weighted by molar-refractivity contribution is -0.137. The zero-order valence-electron chi connectivity index (χ0n) is 11.5. The molecule has 0 bridgehead atoms. The Kier molecular flexibility index (Phi) is 6.20. The summed E-state index contributed by atoms with van der Waals surface area (Å²) in [5, 5.41) is 0. The number of carbonyl (C=O) groups is 1. The average Bonchev–Trinajstić information content (AvgIpc) is 2.35. The molecule has 0 atom stereocenters. The average molecular weight is 246 g/mol. The van der Waals surface area contributed by atoms with Crippen molar-refractivity contribution in [3.8, 4) is 0 Å². The summed E-state index contributed by atoms with van der Waals surface area (Å²) in [7, 11) is 0. The normalized spacial score (nSPS) is 10.8. The number of ether oxygens (including phenoxy) is 1. The number of carbonyl (C=O) groups excluding carboxylic acids is 1. The van der Waals surface area contributed by atoms with Crippen molar-refractivity contribution in [1.29, 1.82) is 0 Å². The highest BCUT2D eigenvalue weighted by molar-refractivity contribution is 5.87. The molecule has 0 fully saturated rings. The van der Waals surface area contributed by atoms with Gasteiger partial charge in [0, 0.05) is 6.08 Å². The number of unbranched alkanes of at least 4 members (excludes halogenated alkanes) is 1. The fourth-order valence-corrected chi connectivity index (χ4v) is 1.91. The van der Waals surface area contributed by atoms with Crippen LogP contribution >= 0.6 is 0 Å². The lowest BCUT2D eigenvalue weighted by Crippen LogP contribution is -1.99. The largest absolute Gasteiger partial charge is 0.463 e. The van der Waals surface area contributed by atoms with Gasteiger partial charge in [-0.2, -0.15) is 0 Å². The highest BCUT2D eigenvalue weighted by Crippen LogP contribution is 2.18. The van der Waals surface area contributed by atoms with Crippen LogP contribution in [0.5, 0.6) is 0 Å². The SMILES string of the molecule is CCCCc1cccc(C)c1/C=C/C(=O)OCC. The Hall–Kier alpha value is -1.57. The van der Waals surface area contributed by atoms with Gasteiger partial charge in [0.05, 0.1) is 6.61 Å². The molecule has 0 N–H and O–H groups in total. The maximum atomic E-state index is 11.3. The molecule has 0 saturated carbocycles. The summed E-state index contributed by atoms with van der Waals surface area (Å²) in [5.41, 5.74) is 3.65. The van der Waals surface area contributed by atoms with E-state index < -0.39 is 0 Å². The molecule has 0 heterocycles. The van der Waals surface area contributed by atoms with Crippen LogP contribution in [-0.2, 0) is 16.0 Å². The van der Waals surface area contributed by atoms with Gasteiger partial charge in [0.1, 0.15) is 0 Å². The summed E-state index contributed by atoms with van der Waals surface area (Å²) >= 11 is 0. The molecule has 18 heavy (non-hydrogen) atoms. The molecule has 2 heteroatoms. The lowest BCUT2D eigenvalue weighted by atomic mass is 9.97. The number of benzene rings is 1.